The Bertz CT molecular complexity index is 558. The van der Waals surface area contributed by atoms with Crippen LogP contribution in [0.4, 0.5) is 0 Å². The number of aromatic nitrogens is 1. The lowest BCUT2D eigenvalue weighted by atomic mass is 9.90. The average Bonchev–Trinajstić information content (AvgIpc) is 2.43. The highest BCUT2D eigenvalue weighted by molar-refractivity contribution is 5.81. The van der Waals surface area contributed by atoms with Gasteiger partial charge in [-0.05, 0) is 50.0 Å². The number of hydrogen-bond acceptors (Lipinski definition) is 3. The number of para-hydroxylation sites is 1. The normalized spacial score (nSPS) is 15.7. The summed E-state index contributed by atoms with van der Waals surface area (Å²) in [5, 5.41) is 1.28. The van der Waals surface area contributed by atoms with E-state index in [-0.39, 0.29) is 0 Å². The van der Waals surface area contributed by atoms with Gasteiger partial charge in [0.25, 0.3) is 0 Å². The SMILES string of the molecule is NCCCN(Cc1ccnc2ccccc12)C1CCC1. The van der Waals surface area contributed by atoms with Gasteiger partial charge >= 0.3 is 0 Å². The summed E-state index contributed by atoms with van der Waals surface area (Å²) in [6, 6.07) is 11.3. The summed E-state index contributed by atoms with van der Waals surface area (Å²) in [6.07, 6.45) is 7.07. The summed E-state index contributed by atoms with van der Waals surface area (Å²) in [7, 11) is 0. The lowest BCUT2D eigenvalue weighted by Crippen LogP contribution is -2.40. The van der Waals surface area contributed by atoms with Crippen molar-refractivity contribution >= 4 is 10.9 Å². The van der Waals surface area contributed by atoms with Crippen molar-refractivity contribution in [3.05, 3.63) is 42.1 Å². The highest BCUT2D eigenvalue weighted by Gasteiger charge is 2.24. The standard InChI is InChI=1S/C17H23N3/c18-10-4-12-20(15-5-3-6-15)13-14-9-11-19-17-8-2-1-7-16(14)17/h1-2,7-9,11,15H,3-6,10,12-13,18H2. The summed E-state index contributed by atoms with van der Waals surface area (Å²) in [5.41, 5.74) is 8.17. The summed E-state index contributed by atoms with van der Waals surface area (Å²) < 4.78 is 0. The Labute approximate surface area is 120 Å². The largest absolute Gasteiger partial charge is 0.330 e. The van der Waals surface area contributed by atoms with Crippen molar-refractivity contribution in [3.8, 4) is 0 Å². The Kier molecular flexibility index (Phi) is 4.28. The molecule has 1 aromatic carbocycles. The second-order valence-corrected chi connectivity index (χ2v) is 5.68. The molecule has 0 amide bonds. The van der Waals surface area contributed by atoms with Gasteiger partial charge in [-0.1, -0.05) is 24.6 Å². The number of nitrogens with two attached hydrogens (primary N) is 1. The molecule has 20 heavy (non-hydrogen) atoms. The van der Waals surface area contributed by atoms with Gasteiger partial charge in [0, 0.05) is 24.2 Å². The smallest absolute Gasteiger partial charge is 0.0705 e. The average molecular weight is 269 g/mol. The topological polar surface area (TPSA) is 42.1 Å². The van der Waals surface area contributed by atoms with E-state index in [0.29, 0.717) is 0 Å². The first kappa shape index (κ1) is 13.5. The van der Waals surface area contributed by atoms with Crippen LogP contribution in [-0.4, -0.2) is 29.0 Å². The van der Waals surface area contributed by atoms with Crippen molar-refractivity contribution in [1.29, 1.82) is 0 Å². The predicted molar refractivity (Wildman–Crippen MR) is 83.5 cm³/mol. The highest BCUT2D eigenvalue weighted by Crippen LogP contribution is 2.27. The molecule has 0 aliphatic heterocycles. The first-order valence-corrected chi connectivity index (χ1v) is 7.65. The molecular weight excluding hydrogens is 246 g/mol. The van der Waals surface area contributed by atoms with Crippen LogP contribution in [0, 0.1) is 0 Å². The van der Waals surface area contributed by atoms with Gasteiger partial charge in [0.1, 0.15) is 0 Å². The molecule has 0 spiro atoms. The first-order chi connectivity index (χ1) is 9.88. The first-order valence-electron chi connectivity index (χ1n) is 7.65. The third-order valence-corrected chi connectivity index (χ3v) is 4.35. The van der Waals surface area contributed by atoms with Gasteiger partial charge in [-0.25, -0.2) is 0 Å². The summed E-state index contributed by atoms with van der Waals surface area (Å²) in [5.74, 6) is 0. The zero-order valence-corrected chi connectivity index (χ0v) is 12.0. The van der Waals surface area contributed by atoms with Crippen molar-refractivity contribution in [3.63, 3.8) is 0 Å². The van der Waals surface area contributed by atoms with Gasteiger partial charge < -0.3 is 5.73 Å². The molecule has 3 heteroatoms. The highest BCUT2D eigenvalue weighted by atomic mass is 15.2. The molecule has 1 fully saturated rings. The zero-order chi connectivity index (χ0) is 13.8. The molecule has 3 nitrogen and oxygen atoms in total. The molecule has 0 bridgehead atoms. The zero-order valence-electron chi connectivity index (χ0n) is 12.0. The second kappa shape index (κ2) is 6.33. The number of nitrogens with zero attached hydrogens (tertiary/aromatic N) is 2. The van der Waals surface area contributed by atoms with Crippen LogP contribution in [0.1, 0.15) is 31.2 Å². The Balaban J connectivity index is 1.82. The molecule has 0 unspecified atom stereocenters. The van der Waals surface area contributed by atoms with Crippen molar-refractivity contribution in [2.24, 2.45) is 5.73 Å². The van der Waals surface area contributed by atoms with Crippen molar-refractivity contribution in [2.45, 2.75) is 38.3 Å². The quantitative estimate of drug-likeness (QED) is 0.876. The van der Waals surface area contributed by atoms with Crippen LogP contribution in [0.25, 0.3) is 10.9 Å². The van der Waals surface area contributed by atoms with Gasteiger partial charge in [0.2, 0.25) is 0 Å². The third kappa shape index (κ3) is 2.84. The van der Waals surface area contributed by atoms with Crippen LogP contribution in [0.3, 0.4) is 0 Å². The molecule has 1 aliphatic rings. The molecule has 2 aromatic rings. The minimum Gasteiger partial charge on any atom is -0.330 e. The molecule has 3 rings (SSSR count). The predicted octanol–water partition coefficient (Wildman–Crippen LogP) is 2.94. The summed E-state index contributed by atoms with van der Waals surface area (Å²) >= 11 is 0. The van der Waals surface area contributed by atoms with Crippen LogP contribution < -0.4 is 5.73 Å². The fraction of sp³-hybridized carbons (Fsp3) is 0.471. The molecule has 0 saturated heterocycles. The lowest BCUT2D eigenvalue weighted by Gasteiger charge is -2.37. The molecule has 1 aromatic heterocycles. The molecule has 0 radical (unpaired) electrons. The fourth-order valence-electron chi connectivity index (χ4n) is 2.95. The maximum Gasteiger partial charge on any atom is 0.0705 e. The monoisotopic (exact) mass is 269 g/mol. The number of pyridine rings is 1. The number of fused-ring (bicyclic) bond motifs is 1. The van der Waals surface area contributed by atoms with E-state index in [0.717, 1.165) is 37.6 Å². The van der Waals surface area contributed by atoms with Crippen LogP contribution in [0.2, 0.25) is 0 Å². The summed E-state index contributed by atoms with van der Waals surface area (Å²) in [6.45, 7) is 2.91. The van der Waals surface area contributed by atoms with Crippen LogP contribution in [0.15, 0.2) is 36.5 Å². The maximum atomic E-state index is 5.68. The van der Waals surface area contributed by atoms with Gasteiger partial charge in [-0.2, -0.15) is 0 Å². The molecule has 1 saturated carbocycles. The van der Waals surface area contributed by atoms with E-state index in [9.17, 15) is 0 Å². The lowest BCUT2D eigenvalue weighted by molar-refractivity contribution is 0.119. The Morgan fingerprint density at radius 2 is 2.05 bits per heavy atom. The van der Waals surface area contributed by atoms with Crippen molar-refractivity contribution < 1.29 is 0 Å². The Morgan fingerprint density at radius 3 is 2.80 bits per heavy atom. The van der Waals surface area contributed by atoms with Crippen molar-refractivity contribution in [1.82, 2.24) is 9.88 Å². The molecule has 0 atom stereocenters. The van der Waals surface area contributed by atoms with Gasteiger partial charge in [-0.3, -0.25) is 9.88 Å². The number of benzene rings is 1. The van der Waals surface area contributed by atoms with Crippen LogP contribution in [-0.2, 0) is 6.54 Å². The maximum absolute atomic E-state index is 5.68. The van der Waals surface area contributed by atoms with E-state index >= 15 is 0 Å². The number of hydrogen-bond donors (Lipinski definition) is 1. The summed E-state index contributed by atoms with van der Waals surface area (Å²) in [4.78, 5) is 7.06. The van der Waals surface area contributed by atoms with E-state index < -0.39 is 0 Å². The minimum atomic E-state index is 0.758. The van der Waals surface area contributed by atoms with Crippen molar-refractivity contribution in [2.75, 3.05) is 13.1 Å². The van der Waals surface area contributed by atoms with Crippen LogP contribution >= 0.6 is 0 Å². The van der Waals surface area contributed by atoms with E-state index in [1.165, 1.54) is 30.2 Å². The molecule has 1 aliphatic carbocycles. The molecule has 106 valence electrons. The number of rotatable bonds is 6. The van der Waals surface area contributed by atoms with Gasteiger partial charge in [-0.15, -0.1) is 0 Å². The van der Waals surface area contributed by atoms with E-state index in [1.54, 1.807) is 0 Å². The fourth-order valence-corrected chi connectivity index (χ4v) is 2.95. The van der Waals surface area contributed by atoms with E-state index in [4.69, 9.17) is 5.73 Å². The van der Waals surface area contributed by atoms with Crippen LogP contribution in [0.5, 0.6) is 0 Å². The Hall–Kier alpha value is -1.45. The molecule has 1 heterocycles. The molecular formula is C17H23N3. The second-order valence-electron chi connectivity index (χ2n) is 5.68. The van der Waals surface area contributed by atoms with E-state index in [1.807, 2.05) is 6.20 Å². The minimum absolute atomic E-state index is 0.758. The Morgan fingerprint density at radius 1 is 1.20 bits per heavy atom. The molecule has 2 N–H and O–H groups in total. The van der Waals surface area contributed by atoms with Gasteiger partial charge in [0.15, 0.2) is 0 Å². The van der Waals surface area contributed by atoms with E-state index in [2.05, 4.69) is 40.2 Å². The van der Waals surface area contributed by atoms with Gasteiger partial charge in [0.05, 0.1) is 5.52 Å². The third-order valence-electron chi connectivity index (χ3n) is 4.35.